The molecule has 0 saturated carbocycles. The molecule has 2 aliphatic rings. The maximum absolute atomic E-state index is 6.05. The van der Waals surface area contributed by atoms with Crippen LogP contribution in [-0.4, -0.2) is 67.6 Å². The van der Waals surface area contributed by atoms with Crippen molar-refractivity contribution >= 4 is 0 Å². The van der Waals surface area contributed by atoms with Crippen molar-refractivity contribution in [2.45, 2.75) is 46.2 Å². The van der Waals surface area contributed by atoms with Gasteiger partial charge in [-0.05, 0) is 57.5 Å². The second-order valence-corrected chi connectivity index (χ2v) is 7.63. The first-order valence-electron chi connectivity index (χ1n) is 10.1. The third-order valence-electron chi connectivity index (χ3n) is 5.79. The summed E-state index contributed by atoms with van der Waals surface area (Å²) in [7, 11) is 2.21. The molecule has 0 spiro atoms. The summed E-state index contributed by atoms with van der Waals surface area (Å²) in [5, 5.41) is 0. The number of ether oxygens (including phenoxy) is 1. The number of benzene rings is 1. The van der Waals surface area contributed by atoms with Crippen LogP contribution >= 0.6 is 0 Å². The van der Waals surface area contributed by atoms with Crippen LogP contribution in [0.2, 0.25) is 0 Å². The fourth-order valence-corrected chi connectivity index (χ4v) is 4.20. The number of hydrogen-bond acceptors (Lipinski definition) is 4. The monoisotopic (exact) mass is 345 g/mol. The largest absolute Gasteiger partial charge is 0.494 e. The molecule has 0 amide bonds. The lowest BCUT2D eigenvalue weighted by atomic mass is 9.91. The van der Waals surface area contributed by atoms with E-state index in [0.29, 0.717) is 6.04 Å². The molecule has 0 N–H and O–H groups in total. The predicted octanol–water partition coefficient (Wildman–Crippen LogP) is 3.16. The van der Waals surface area contributed by atoms with Gasteiger partial charge in [0.05, 0.1) is 6.61 Å². The number of likely N-dealkylation sites (N-methyl/N-ethyl adjacent to an activating group) is 1. The highest BCUT2D eigenvalue weighted by molar-refractivity contribution is 5.45. The molecule has 0 radical (unpaired) electrons. The normalized spacial score (nSPS) is 22.8. The van der Waals surface area contributed by atoms with Gasteiger partial charge in [0.25, 0.3) is 0 Å². The van der Waals surface area contributed by atoms with E-state index in [4.69, 9.17) is 4.74 Å². The zero-order valence-corrected chi connectivity index (χ0v) is 16.6. The zero-order chi connectivity index (χ0) is 17.8. The van der Waals surface area contributed by atoms with Crippen LogP contribution in [0, 0.1) is 0 Å². The fourth-order valence-electron chi connectivity index (χ4n) is 4.20. The number of fused-ring (bicyclic) bond motifs is 1. The van der Waals surface area contributed by atoms with E-state index in [-0.39, 0.29) is 0 Å². The van der Waals surface area contributed by atoms with Crippen LogP contribution in [0.15, 0.2) is 12.1 Å². The Morgan fingerprint density at radius 3 is 2.52 bits per heavy atom. The first-order chi connectivity index (χ1) is 12.1. The first kappa shape index (κ1) is 18.7. The lowest BCUT2D eigenvalue weighted by Gasteiger charge is -2.36. The standard InChI is InChI=1S/C21H35N3O/c1-5-8-24-9-7-18-14-19(16-23-12-10-22(4)11-13-23)21(25-6-2)15-20(18)17(24)3/h14-15,17H,5-13,16H2,1-4H3. The van der Waals surface area contributed by atoms with Crippen molar-refractivity contribution in [3.05, 3.63) is 28.8 Å². The minimum absolute atomic E-state index is 0.501. The number of nitrogens with zero attached hydrogens (tertiary/aromatic N) is 3. The third-order valence-corrected chi connectivity index (χ3v) is 5.79. The summed E-state index contributed by atoms with van der Waals surface area (Å²) < 4.78 is 6.05. The molecule has 2 heterocycles. The summed E-state index contributed by atoms with van der Waals surface area (Å²) in [5.41, 5.74) is 4.39. The van der Waals surface area contributed by atoms with Gasteiger partial charge in [0.15, 0.2) is 0 Å². The predicted molar refractivity (Wildman–Crippen MR) is 104 cm³/mol. The molecule has 3 rings (SSSR count). The van der Waals surface area contributed by atoms with E-state index in [9.17, 15) is 0 Å². The Balaban J connectivity index is 1.81. The van der Waals surface area contributed by atoms with Crippen LogP contribution in [0.4, 0.5) is 0 Å². The Morgan fingerprint density at radius 2 is 1.84 bits per heavy atom. The molecule has 2 aliphatic heterocycles. The van der Waals surface area contributed by atoms with Crippen molar-refractivity contribution in [2.75, 3.05) is 52.9 Å². The number of rotatable bonds is 6. The summed E-state index contributed by atoms with van der Waals surface area (Å²) >= 11 is 0. The molecule has 25 heavy (non-hydrogen) atoms. The molecule has 1 aromatic carbocycles. The molecule has 0 aromatic heterocycles. The molecular formula is C21H35N3O. The molecule has 1 unspecified atom stereocenters. The highest BCUT2D eigenvalue weighted by atomic mass is 16.5. The van der Waals surface area contributed by atoms with Gasteiger partial charge in [0.2, 0.25) is 0 Å². The molecule has 1 atom stereocenters. The molecular weight excluding hydrogens is 310 g/mol. The highest BCUT2D eigenvalue weighted by Gasteiger charge is 2.25. The van der Waals surface area contributed by atoms with Crippen LogP contribution in [-0.2, 0) is 13.0 Å². The number of hydrogen-bond donors (Lipinski definition) is 0. The van der Waals surface area contributed by atoms with Crippen LogP contribution in [0.5, 0.6) is 5.75 Å². The van der Waals surface area contributed by atoms with Crippen molar-refractivity contribution in [1.29, 1.82) is 0 Å². The Bertz CT molecular complexity index is 567. The first-order valence-corrected chi connectivity index (χ1v) is 10.1. The van der Waals surface area contributed by atoms with Gasteiger partial charge >= 0.3 is 0 Å². The molecule has 1 saturated heterocycles. The van der Waals surface area contributed by atoms with E-state index in [1.54, 1.807) is 0 Å². The van der Waals surface area contributed by atoms with Crippen LogP contribution in [0.25, 0.3) is 0 Å². The van der Waals surface area contributed by atoms with Crippen LogP contribution in [0.1, 0.15) is 49.9 Å². The SMILES string of the molecule is CCCN1CCc2cc(CN3CCN(C)CC3)c(OCC)cc2C1C. The van der Waals surface area contributed by atoms with E-state index >= 15 is 0 Å². The minimum atomic E-state index is 0.501. The minimum Gasteiger partial charge on any atom is -0.494 e. The maximum atomic E-state index is 6.05. The summed E-state index contributed by atoms with van der Waals surface area (Å²) in [4.78, 5) is 7.59. The Hall–Kier alpha value is -1.10. The van der Waals surface area contributed by atoms with Gasteiger partial charge in [0.1, 0.15) is 5.75 Å². The van der Waals surface area contributed by atoms with Crippen molar-refractivity contribution in [2.24, 2.45) is 0 Å². The molecule has 140 valence electrons. The topological polar surface area (TPSA) is 19.0 Å². The lowest BCUT2D eigenvalue weighted by molar-refractivity contribution is 0.146. The van der Waals surface area contributed by atoms with Gasteiger partial charge in [-0.2, -0.15) is 0 Å². The quantitative estimate of drug-likeness (QED) is 0.788. The van der Waals surface area contributed by atoms with Gasteiger partial charge in [-0.1, -0.05) is 13.0 Å². The summed E-state index contributed by atoms with van der Waals surface area (Å²) in [6.45, 7) is 15.5. The van der Waals surface area contributed by atoms with E-state index in [2.05, 4.69) is 54.7 Å². The Morgan fingerprint density at radius 1 is 1.08 bits per heavy atom. The molecule has 4 nitrogen and oxygen atoms in total. The molecule has 4 heteroatoms. The van der Waals surface area contributed by atoms with Gasteiger partial charge in [0, 0.05) is 50.9 Å². The second kappa shape index (κ2) is 8.52. The van der Waals surface area contributed by atoms with Gasteiger partial charge in [-0.15, -0.1) is 0 Å². The average molecular weight is 346 g/mol. The third kappa shape index (κ3) is 4.36. The van der Waals surface area contributed by atoms with Crippen molar-refractivity contribution in [1.82, 2.24) is 14.7 Å². The van der Waals surface area contributed by atoms with Crippen LogP contribution in [0.3, 0.4) is 0 Å². The molecule has 0 bridgehead atoms. The lowest BCUT2D eigenvalue weighted by Crippen LogP contribution is -2.44. The second-order valence-electron chi connectivity index (χ2n) is 7.63. The maximum Gasteiger partial charge on any atom is 0.124 e. The molecule has 0 aliphatic carbocycles. The van der Waals surface area contributed by atoms with Gasteiger partial charge in [-0.25, -0.2) is 0 Å². The Labute approximate surface area is 153 Å². The van der Waals surface area contributed by atoms with E-state index in [1.165, 1.54) is 42.6 Å². The zero-order valence-electron chi connectivity index (χ0n) is 16.6. The van der Waals surface area contributed by atoms with Crippen molar-refractivity contribution in [3.8, 4) is 5.75 Å². The summed E-state index contributed by atoms with van der Waals surface area (Å²) in [5.74, 6) is 1.10. The van der Waals surface area contributed by atoms with Gasteiger partial charge < -0.3 is 9.64 Å². The van der Waals surface area contributed by atoms with Crippen LogP contribution < -0.4 is 4.74 Å². The summed E-state index contributed by atoms with van der Waals surface area (Å²) in [6, 6.07) is 5.29. The smallest absolute Gasteiger partial charge is 0.124 e. The average Bonchev–Trinajstić information content (AvgIpc) is 2.61. The highest BCUT2D eigenvalue weighted by Crippen LogP contribution is 2.35. The van der Waals surface area contributed by atoms with E-state index < -0.39 is 0 Å². The van der Waals surface area contributed by atoms with Crippen molar-refractivity contribution < 1.29 is 4.74 Å². The number of piperazine rings is 1. The Kier molecular flexibility index (Phi) is 6.37. The summed E-state index contributed by atoms with van der Waals surface area (Å²) in [6.07, 6.45) is 2.39. The molecule has 1 fully saturated rings. The van der Waals surface area contributed by atoms with Crippen molar-refractivity contribution in [3.63, 3.8) is 0 Å². The molecule has 1 aromatic rings. The fraction of sp³-hybridized carbons (Fsp3) is 0.714. The van der Waals surface area contributed by atoms with E-state index in [1.807, 2.05) is 0 Å². The van der Waals surface area contributed by atoms with Gasteiger partial charge in [-0.3, -0.25) is 9.80 Å². The van der Waals surface area contributed by atoms with E-state index in [0.717, 1.165) is 45.1 Å².